The van der Waals surface area contributed by atoms with E-state index >= 15 is 0 Å². The molecule has 0 aliphatic carbocycles. The fraction of sp³-hybridized carbons (Fsp3) is 0.333. The van der Waals surface area contributed by atoms with Gasteiger partial charge in [-0.1, -0.05) is 6.92 Å². The van der Waals surface area contributed by atoms with Crippen molar-refractivity contribution in [3.63, 3.8) is 0 Å². The van der Waals surface area contributed by atoms with E-state index in [2.05, 4.69) is 20.4 Å². The van der Waals surface area contributed by atoms with Crippen molar-refractivity contribution in [1.29, 1.82) is 0 Å². The number of aromatic nitrogens is 1. The maximum Gasteiger partial charge on any atom is 0.573 e. The molecule has 1 heterocycles. The molecule has 1 atom stereocenters. The Hall–Kier alpha value is -2.84. The van der Waals surface area contributed by atoms with Crippen molar-refractivity contribution in [2.75, 3.05) is 18.4 Å². The largest absolute Gasteiger partial charge is 0.573 e. The minimum absolute atomic E-state index is 0.104. The highest BCUT2D eigenvalue weighted by molar-refractivity contribution is 5.72. The summed E-state index contributed by atoms with van der Waals surface area (Å²) in [4.78, 5) is 15.0. The number of anilines is 1. The van der Waals surface area contributed by atoms with Crippen molar-refractivity contribution in [3.8, 4) is 17.0 Å². The van der Waals surface area contributed by atoms with Crippen molar-refractivity contribution in [3.05, 3.63) is 42.3 Å². The van der Waals surface area contributed by atoms with Crippen LogP contribution < -0.4 is 15.4 Å². The Morgan fingerprint density at radius 3 is 2.59 bits per heavy atom. The van der Waals surface area contributed by atoms with Gasteiger partial charge in [0.25, 0.3) is 0 Å². The number of hydrogen-bond donors (Lipinski definition) is 2. The van der Waals surface area contributed by atoms with Gasteiger partial charge in [0.15, 0.2) is 11.6 Å². The first-order valence-corrected chi connectivity index (χ1v) is 8.14. The molecule has 0 bridgehead atoms. The summed E-state index contributed by atoms with van der Waals surface area (Å²) in [5.74, 6) is -1.96. The van der Waals surface area contributed by atoms with Crippen LogP contribution in [0.3, 0.4) is 0 Å². The van der Waals surface area contributed by atoms with E-state index in [4.69, 9.17) is 0 Å². The third-order valence-electron chi connectivity index (χ3n) is 3.57. The summed E-state index contributed by atoms with van der Waals surface area (Å²) in [6, 6.07) is 6.52. The minimum Gasteiger partial charge on any atom is -0.403 e. The Labute approximate surface area is 153 Å². The van der Waals surface area contributed by atoms with Gasteiger partial charge < -0.3 is 15.4 Å². The average Bonchev–Trinajstić information content (AvgIpc) is 2.59. The number of carbonyl (C=O) groups is 1. The topological polar surface area (TPSA) is 63.2 Å². The molecular weight excluding hydrogens is 366 g/mol. The number of amides is 1. The lowest BCUT2D eigenvalue weighted by Gasteiger charge is -2.14. The minimum atomic E-state index is -4.96. The summed E-state index contributed by atoms with van der Waals surface area (Å²) >= 11 is 0. The number of halogens is 4. The molecule has 0 saturated carbocycles. The van der Waals surface area contributed by atoms with E-state index in [1.165, 1.54) is 19.2 Å². The van der Waals surface area contributed by atoms with Crippen molar-refractivity contribution in [1.82, 2.24) is 10.3 Å². The zero-order valence-electron chi connectivity index (χ0n) is 14.7. The van der Waals surface area contributed by atoms with E-state index in [0.29, 0.717) is 30.0 Å². The third kappa shape index (κ3) is 6.76. The number of benzene rings is 1. The third-order valence-corrected chi connectivity index (χ3v) is 3.57. The van der Waals surface area contributed by atoms with Crippen LogP contribution >= 0.6 is 0 Å². The Balaban J connectivity index is 2.06. The zero-order valence-corrected chi connectivity index (χ0v) is 14.7. The molecule has 1 aromatic carbocycles. The molecule has 0 unspecified atom stereocenters. The van der Waals surface area contributed by atoms with Gasteiger partial charge in [0.1, 0.15) is 0 Å². The van der Waals surface area contributed by atoms with E-state index in [0.717, 1.165) is 12.1 Å². The molecule has 27 heavy (non-hydrogen) atoms. The van der Waals surface area contributed by atoms with E-state index in [-0.39, 0.29) is 11.8 Å². The van der Waals surface area contributed by atoms with E-state index < -0.39 is 17.9 Å². The number of hydrogen-bond acceptors (Lipinski definition) is 4. The highest BCUT2D eigenvalue weighted by atomic mass is 19.4. The molecule has 0 aliphatic rings. The second kappa shape index (κ2) is 8.70. The van der Waals surface area contributed by atoms with Crippen LogP contribution in [0.2, 0.25) is 0 Å². The first kappa shape index (κ1) is 20.5. The quantitative estimate of drug-likeness (QED) is 0.708. The Morgan fingerprint density at radius 1 is 1.22 bits per heavy atom. The molecule has 0 saturated heterocycles. The molecule has 0 radical (unpaired) electrons. The van der Waals surface area contributed by atoms with E-state index in [1.807, 2.05) is 6.92 Å². The van der Waals surface area contributed by atoms with Gasteiger partial charge in [0, 0.05) is 37.5 Å². The van der Waals surface area contributed by atoms with Gasteiger partial charge >= 0.3 is 6.36 Å². The van der Waals surface area contributed by atoms with Gasteiger partial charge in [-0.25, -0.2) is 4.39 Å². The monoisotopic (exact) mass is 385 g/mol. The Morgan fingerprint density at radius 2 is 1.96 bits per heavy atom. The molecule has 2 aromatic rings. The molecule has 1 amide bonds. The van der Waals surface area contributed by atoms with E-state index in [1.54, 1.807) is 12.1 Å². The molecule has 0 aliphatic heterocycles. The predicted octanol–water partition coefficient (Wildman–Crippen LogP) is 3.97. The highest BCUT2D eigenvalue weighted by Gasteiger charge is 2.32. The number of pyridine rings is 1. The number of carbonyl (C=O) groups excluding carboxylic acids is 1. The Bertz CT molecular complexity index is 796. The van der Waals surface area contributed by atoms with Crippen LogP contribution in [0.4, 0.5) is 23.2 Å². The fourth-order valence-electron chi connectivity index (χ4n) is 2.25. The fourth-order valence-corrected chi connectivity index (χ4v) is 2.25. The van der Waals surface area contributed by atoms with Crippen molar-refractivity contribution >= 4 is 11.6 Å². The smallest absolute Gasteiger partial charge is 0.403 e. The van der Waals surface area contributed by atoms with Crippen LogP contribution in [-0.2, 0) is 4.79 Å². The molecule has 5 nitrogen and oxygen atoms in total. The molecular formula is C18H19F4N3O2. The number of rotatable bonds is 7. The highest BCUT2D eigenvalue weighted by Crippen LogP contribution is 2.29. The molecule has 9 heteroatoms. The first-order valence-electron chi connectivity index (χ1n) is 8.14. The normalized spacial score (nSPS) is 12.4. The van der Waals surface area contributed by atoms with Crippen LogP contribution in [0.5, 0.6) is 5.75 Å². The van der Waals surface area contributed by atoms with E-state index in [9.17, 15) is 22.4 Å². The maximum absolute atomic E-state index is 13.9. The molecule has 2 rings (SSSR count). The maximum atomic E-state index is 13.9. The summed E-state index contributed by atoms with van der Waals surface area (Å²) in [5, 5.41) is 5.90. The number of alkyl halides is 3. The van der Waals surface area contributed by atoms with Crippen LogP contribution in [0.15, 0.2) is 36.5 Å². The lowest BCUT2D eigenvalue weighted by molar-refractivity contribution is -0.275. The molecule has 1 aromatic heterocycles. The summed E-state index contributed by atoms with van der Waals surface area (Å²) in [5.41, 5.74) is 1.43. The van der Waals surface area contributed by atoms with Gasteiger partial charge in [-0.15, -0.1) is 13.2 Å². The molecule has 0 spiro atoms. The van der Waals surface area contributed by atoms with Gasteiger partial charge in [-0.05, 0) is 36.2 Å². The standard InChI is InChI=1S/C18H19F4N3O2/c1-11(9-24-12(2)26)10-25-14-5-6-23-16(8-14)13-3-4-17(15(19)7-13)27-18(20,21)22/h3-8,11H,9-10H2,1-2H3,(H,23,25)(H,24,26)/t11-/m1/s1. The SMILES string of the molecule is CC(=O)NC[C@@H](C)CNc1ccnc(-c2ccc(OC(F)(F)F)c(F)c2)c1. The van der Waals surface area contributed by atoms with Crippen molar-refractivity contribution < 1.29 is 27.1 Å². The second-order valence-electron chi connectivity index (χ2n) is 6.05. The lowest BCUT2D eigenvalue weighted by atomic mass is 10.1. The van der Waals surface area contributed by atoms with Gasteiger partial charge in [-0.2, -0.15) is 0 Å². The molecule has 2 N–H and O–H groups in total. The number of ether oxygens (including phenoxy) is 1. The first-order chi connectivity index (χ1) is 12.6. The predicted molar refractivity (Wildman–Crippen MR) is 92.7 cm³/mol. The average molecular weight is 385 g/mol. The Kier molecular flexibility index (Phi) is 6.59. The van der Waals surface area contributed by atoms with Gasteiger partial charge in [-0.3, -0.25) is 9.78 Å². The zero-order chi connectivity index (χ0) is 20.0. The van der Waals surface area contributed by atoms with Gasteiger partial charge in [0.05, 0.1) is 5.69 Å². The van der Waals surface area contributed by atoms with Crippen LogP contribution in [0.25, 0.3) is 11.3 Å². The summed E-state index contributed by atoms with van der Waals surface area (Å²) in [6.45, 7) is 4.50. The summed E-state index contributed by atoms with van der Waals surface area (Å²) in [7, 11) is 0. The number of nitrogens with zero attached hydrogens (tertiary/aromatic N) is 1. The van der Waals surface area contributed by atoms with Crippen LogP contribution in [0, 0.1) is 11.7 Å². The number of nitrogens with one attached hydrogen (secondary N) is 2. The second-order valence-corrected chi connectivity index (χ2v) is 6.05. The van der Waals surface area contributed by atoms with Crippen molar-refractivity contribution in [2.45, 2.75) is 20.2 Å². The van der Waals surface area contributed by atoms with Crippen molar-refractivity contribution in [2.24, 2.45) is 5.92 Å². The van der Waals surface area contributed by atoms with Gasteiger partial charge in [0.2, 0.25) is 5.91 Å². The summed E-state index contributed by atoms with van der Waals surface area (Å²) < 4.78 is 54.1. The molecule has 0 fully saturated rings. The lowest BCUT2D eigenvalue weighted by Crippen LogP contribution is -2.29. The van der Waals surface area contributed by atoms with Crippen LogP contribution in [-0.4, -0.2) is 30.3 Å². The molecule has 146 valence electrons. The van der Waals surface area contributed by atoms with Crippen LogP contribution in [0.1, 0.15) is 13.8 Å². The summed E-state index contributed by atoms with van der Waals surface area (Å²) in [6.07, 6.45) is -3.45.